The van der Waals surface area contributed by atoms with Crippen molar-refractivity contribution in [3.63, 3.8) is 0 Å². The predicted molar refractivity (Wildman–Crippen MR) is 71.0 cm³/mol. The molecule has 2 unspecified atom stereocenters. The molecule has 19 heavy (non-hydrogen) atoms. The third-order valence-corrected chi connectivity index (χ3v) is 3.75. The van der Waals surface area contributed by atoms with Crippen LogP contribution in [0.4, 0.5) is 4.79 Å². The fraction of sp³-hybridized carbons (Fsp3) is 0.846. The second kappa shape index (κ2) is 6.23. The van der Waals surface area contributed by atoms with Crippen LogP contribution in [0.1, 0.15) is 32.6 Å². The maximum absolute atomic E-state index is 11.8. The van der Waals surface area contributed by atoms with E-state index in [-0.39, 0.29) is 18.0 Å². The van der Waals surface area contributed by atoms with Gasteiger partial charge >= 0.3 is 12.0 Å². The lowest BCUT2D eigenvalue weighted by atomic mass is 10.2. The number of aliphatic carboxylic acids is 1. The molecule has 2 amide bonds. The maximum atomic E-state index is 11.8. The Labute approximate surface area is 113 Å². The van der Waals surface area contributed by atoms with Crippen molar-refractivity contribution in [1.29, 1.82) is 0 Å². The number of hydrogen-bond acceptors (Lipinski definition) is 3. The first-order valence-electron chi connectivity index (χ1n) is 7.08. The molecular weight excluding hydrogens is 246 g/mol. The zero-order chi connectivity index (χ0) is 13.8. The smallest absolute Gasteiger partial charge is 0.326 e. The second-order valence-corrected chi connectivity index (χ2v) is 5.68. The number of nitrogens with one attached hydrogen (secondary N) is 2. The summed E-state index contributed by atoms with van der Waals surface area (Å²) in [5, 5.41) is 14.4. The number of carboxylic acid groups (broad SMARTS) is 1. The lowest BCUT2D eigenvalue weighted by molar-refractivity contribution is -0.139. The van der Waals surface area contributed by atoms with Crippen LogP contribution < -0.4 is 10.6 Å². The van der Waals surface area contributed by atoms with Crippen molar-refractivity contribution >= 4 is 12.0 Å². The molecule has 6 nitrogen and oxygen atoms in total. The Morgan fingerprint density at radius 2 is 1.89 bits per heavy atom. The highest BCUT2D eigenvalue weighted by atomic mass is 16.4. The molecule has 0 aromatic heterocycles. The molecule has 2 fully saturated rings. The number of nitrogens with zero attached hydrogens (tertiary/aromatic N) is 1. The molecule has 0 aromatic carbocycles. The Balaban J connectivity index is 1.71. The SMILES string of the molecule is CC(CN1CCCC1)NC(=O)NC(C(=O)O)C1CC1. The van der Waals surface area contributed by atoms with E-state index in [4.69, 9.17) is 5.11 Å². The molecule has 1 saturated heterocycles. The lowest BCUT2D eigenvalue weighted by Crippen LogP contribution is -2.51. The van der Waals surface area contributed by atoms with Gasteiger partial charge in [0, 0.05) is 12.6 Å². The number of amides is 2. The normalized spacial score (nSPS) is 22.8. The van der Waals surface area contributed by atoms with Crippen LogP contribution in [0.15, 0.2) is 0 Å². The van der Waals surface area contributed by atoms with Gasteiger partial charge in [-0.1, -0.05) is 0 Å². The predicted octanol–water partition coefficient (Wildman–Crippen LogP) is 0.633. The van der Waals surface area contributed by atoms with Crippen LogP contribution >= 0.6 is 0 Å². The third kappa shape index (κ3) is 4.38. The van der Waals surface area contributed by atoms with Gasteiger partial charge in [-0.25, -0.2) is 9.59 Å². The minimum atomic E-state index is -0.940. The number of likely N-dealkylation sites (tertiary alicyclic amines) is 1. The van der Waals surface area contributed by atoms with Crippen molar-refractivity contribution in [3.8, 4) is 0 Å². The monoisotopic (exact) mass is 269 g/mol. The number of carbonyl (C=O) groups is 2. The summed E-state index contributed by atoms with van der Waals surface area (Å²) in [6, 6.07) is -1.07. The number of urea groups is 1. The summed E-state index contributed by atoms with van der Waals surface area (Å²) in [5.41, 5.74) is 0. The van der Waals surface area contributed by atoms with Gasteiger partial charge in [0.05, 0.1) is 0 Å². The first-order valence-corrected chi connectivity index (χ1v) is 7.08. The Morgan fingerprint density at radius 3 is 2.42 bits per heavy atom. The average molecular weight is 269 g/mol. The third-order valence-electron chi connectivity index (χ3n) is 3.75. The van der Waals surface area contributed by atoms with E-state index in [1.165, 1.54) is 12.8 Å². The Morgan fingerprint density at radius 1 is 1.26 bits per heavy atom. The van der Waals surface area contributed by atoms with E-state index in [0.717, 1.165) is 32.5 Å². The van der Waals surface area contributed by atoms with Crippen LogP contribution in [-0.2, 0) is 4.79 Å². The lowest BCUT2D eigenvalue weighted by Gasteiger charge is -2.22. The van der Waals surface area contributed by atoms with Gasteiger partial charge in [0.25, 0.3) is 0 Å². The van der Waals surface area contributed by atoms with E-state index >= 15 is 0 Å². The molecule has 0 bridgehead atoms. The van der Waals surface area contributed by atoms with E-state index in [1.807, 2.05) is 6.92 Å². The van der Waals surface area contributed by atoms with Crippen molar-refractivity contribution in [2.75, 3.05) is 19.6 Å². The summed E-state index contributed by atoms with van der Waals surface area (Å²) in [5.74, 6) is -0.831. The van der Waals surface area contributed by atoms with Crippen LogP contribution in [0, 0.1) is 5.92 Å². The number of carbonyl (C=O) groups excluding carboxylic acids is 1. The minimum Gasteiger partial charge on any atom is -0.480 e. The highest BCUT2D eigenvalue weighted by molar-refractivity contribution is 5.83. The van der Waals surface area contributed by atoms with E-state index in [1.54, 1.807) is 0 Å². The molecule has 3 N–H and O–H groups in total. The van der Waals surface area contributed by atoms with Gasteiger partial charge in [0.1, 0.15) is 6.04 Å². The van der Waals surface area contributed by atoms with Gasteiger partial charge in [-0.2, -0.15) is 0 Å². The van der Waals surface area contributed by atoms with Gasteiger partial charge in [0.2, 0.25) is 0 Å². The van der Waals surface area contributed by atoms with E-state index in [2.05, 4.69) is 15.5 Å². The second-order valence-electron chi connectivity index (χ2n) is 5.68. The zero-order valence-corrected chi connectivity index (χ0v) is 11.4. The standard InChI is InChI=1S/C13H23N3O3/c1-9(8-16-6-2-3-7-16)14-13(19)15-11(12(17)18)10-4-5-10/h9-11H,2-8H2,1H3,(H,17,18)(H2,14,15,19). The van der Waals surface area contributed by atoms with Crippen molar-refractivity contribution in [3.05, 3.63) is 0 Å². The van der Waals surface area contributed by atoms with Crippen molar-refractivity contribution < 1.29 is 14.7 Å². The van der Waals surface area contributed by atoms with Gasteiger partial charge in [-0.3, -0.25) is 0 Å². The van der Waals surface area contributed by atoms with E-state index < -0.39 is 12.0 Å². The average Bonchev–Trinajstić information content (AvgIpc) is 3.04. The molecule has 1 aliphatic heterocycles. The highest BCUT2D eigenvalue weighted by Gasteiger charge is 2.37. The number of hydrogen-bond donors (Lipinski definition) is 3. The largest absolute Gasteiger partial charge is 0.480 e. The molecule has 2 rings (SSSR count). The fourth-order valence-electron chi connectivity index (χ4n) is 2.62. The number of rotatable bonds is 6. The molecule has 0 radical (unpaired) electrons. The summed E-state index contributed by atoms with van der Waals surface area (Å²) >= 11 is 0. The van der Waals surface area contributed by atoms with Crippen molar-refractivity contribution in [2.24, 2.45) is 5.92 Å². The van der Waals surface area contributed by atoms with E-state index in [0.29, 0.717) is 0 Å². The molecule has 0 aromatic rings. The van der Waals surface area contributed by atoms with E-state index in [9.17, 15) is 9.59 Å². The molecule has 1 saturated carbocycles. The maximum Gasteiger partial charge on any atom is 0.326 e. The summed E-state index contributed by atoms with van der Waals surface area (Å²) in [6.45, 7) is 4.96. The molecule has 0 spiro atoms. The fourth-order valence-corrected chi connectivity index (χ4v) is 2.62. The molecule has 2 aliphatic rings. The zero-order valence-electron chi connectivity index (χ0n) is 11.4. The van der Waals surface area contributed by atoms with Crippen LogP contribution in [0.25, 0.3) is 0 Å². The van der Waals surface area contributed by atoms with Crippen LogP contribution in [0.3, 0.4) is 0 Å². The summed E-state index contributed by atoms with van der Waals surface area (Å²) in [6.07, 6.45) is 4.23. The molecule has 1 heterocycles. The van der Waals surface area contributed by atoms with Gasteiger partial charge in [0.15, 0.2) is 0 Å². The van der Waals surface area contributed by atoms with Gasteiger partial charge < -0.3 is 20.6 Å². The van der Waals surface area contributed by atoms with Crippen LogP contribution in [0.5, 0.6) is 0 Å². The quantitative estimate of drug-likeness (QED) is 0.660. The molecular formula is C13H23N3O3. The van der Waals surface area contributed by atoms with Gasteiger partial charge in [-0.05, 0) is 51.6 Å². The Bertz CT molecular complexity index is 338. The first kappa shape index (κ1) is 14.1. The Hall–Kier alpha value is -1.30. The highest BCUT2D eigenvalue weighted by Crippen LogP contribution is 2.32. The number of carboxylic acids is 1. The Kier molecular flexibility index (Phi) is 4.63. The van der Waals surface area contributed by atoms with Gasteiger partial charge in [-0.15, -0.1) is 0 Å². The minimum absolute atomic E-state index is 0.0340. The van der Waals surface area contributed by atoms with Crippen molar-refractivity contribution in [1.82, 2.24) is 15.5 Å². The molecule has 6 heteroatoms. The van der Waals surface area contributed by atoms with Crippen molar-refractivity contribution in [2.45, 2.75) is 44.7 Å². The summed E-state index contributed by atoms with van der Waals surface area (Å²) < 4.78 is 0. The molecule has 1 aliphatic carbocycles. The van der Waals surface area contributed by atoms with Crippen LogP contribution in [-0.4, -0.2) is 53.7 Å². The molecule has 2 atom stereocenters. The molecule has 108 valence electrons. The first-order chi connectivity index (χ1) is 9.06. The summed E-state index contributed by atoms with van der Waals surface area (Å²) in [7, 11) is 0. The van der Waals surface area contributed by atoms with Crippen LogP contribution in [0.2, 0.25) is 0 Å². The topological polar surface area (TPSA) is 81.7 Å². The summed E-state index contributed by atoms with van der Waals surface area (Å²) in [4.78, 5) is 25.1.